The molecule has 0 amide bonds. The zero-order valence-electron chi connectivity index (χ0n) is 8.03. The van der Waals surface area contributed by atoms with E-state index >= 15 is 0 Å². The van der Waals surface area contributed by atoms with Crippen molar-refractivity contribution >= 4 is 0 Å². The highest BCUT2D eigenvalue weighted by Gasteiger charge is 2.19. The lowest BCUT2D eigenvalue weighted by Gasteiger charge is -2.02. The van der Waals surface area contributed by atoms with E-state index in [1.807, 2.05) is 11.6 Å². The summed E-state index contributed by atoms with van der Waals surface area (Å²) in [7, 11) is 1.98. The number of nitrogens with zero attached hydrogens (tertiary/aromatic N) is 3. The van der Waals surface area contributed by atoms with Gasteiger partial charge in [-0.25, -0.2) is 0 Å². The van der Waals surface area contributed by atoms with E-state index < -0.39 is 0 Å². The molecule has 0 atom stereocenters. The van der Waals surface area contributed by atoms with E-state index in [-0.39, 0.29) is 0 Å². The molecule has 1 fully saturated rings. The molecule has 1 aromatic heterocycles. The van der Waals surface area contributed by atoms with E-state index in [9.17, 15) is 0 Å². The van der Waals surface area contributed by atoms with Gasteiger partial charge in [0.1, 0.15) is 12.2 Å². The summed E-state index contributed by atoms with van der Waals surface area (Å²) in [5.74, 6) is 2.02. The molecule has 1 heterocycles. The Kier molecular flexibility index (Phi) is 2.59. The van der Waals surface area contributed by atoms with Gasteiger partial charge in [0.15, 0.2) is 0 Å². The van der Waals surface area contributed by atoms with E-state index in [4.69, 9.17) is 0 Å². The summed E-state index contributed by atoms with van der Waals surface area (Å²) >= 11 is 0. The van der Waals surface area contributed by atoms with Gasteiger partial charge in [0.25, 0.3) is 0 Å². The van der Waals surface area contributed by atoms with Crippen LogP contribution >= 0.6 is 0 Å². The Balaban J connectivity index is 1.64. The fourth-order valence-corrected chi connectivity index (χ4v) is 1.36. The van der Waals surface area contributed by atoms with Gasteiger partial charge < -0.3 is 9.88 Å². The first-order valence-corrected chi connectivity index (χ1v) is 4.90. The van der Waals surface area contributed by atoms with Crippen LogP contribution in [0.2, 0.25) is 0 Å². The topological polar surface area (TPSA) is 42.7 Å². The monoisotopic (exact) mass is 180 g/mol. The van der Waals surface area contributed by atoms with Crippen LogP contribution in [0.3, 0.4) is 0 Å². The Labute approximate surface area is 78.4 Å². The van der Waals surface area contributed by atoms with E-state index in [2.05, 4.69) is 15.5 Å². The van der Waals surface area contributed by atoms with Gasteiger partial charge in [-0.15, -0.1) is 10.2 Å². The van der Waals surface area contributed by atoms with Gasteiger partial charge in [-0.1, -0.05) is 0 Å². The van der Waals surface area contributed by atoms with Crippen molar-refractivity contribution in [2.45, 2.75) is 19.3 Å². The molecular formula is C9H16N4. The average molecular weight is 180 g/mol. The lowest BCUT2D eigenvalue weighted by atomic mass is 10.3. The second kappa shape index (κ2) is 3.87. The number of aromatic nitrogens is 3. The fraction of sp³-hybridized carbons (Fsp3) is 0.778. The van der Waals surface area contributed by atoms with Crippen LogP contribution in [0.5, 0.6) is 0 Å². The normalized spacial score (nSPS) is 16.4. The van der Waals surface area contributed by atoms with Gasteiger partial charge in [0, 0.05) is 20.0 Å². The second-order valence-electron chi connectivity index (χ2n) is 3.76. The van der Waals surface area contributed by atoms with Gasteiger partial charge in [0.05, 0.1) is 0 Å². The van der Waals surface area contributed by atoms with Gasteiger partial charge in [-0.05, 0) is 25.3 Å². The molecule has 4 nitrogen and oxygen atoms in total. The molecule has 0 aliphatic heterocycles. The molecule has 1 aliphatic carbocycles. The van der Waals surface area contributed by atoms with Crippen molar-refractivity contribution in [3.63, 3.8) is 0 Å². The Morgan fingerprint density at radius 2 is 2.46 bits per heavy atom. The van der Waals surface area contributed by atoms with Crippen LogP contribution < -0.4 is 5.32 Å². The third-order valence-electron chi connectivity index (χ3n) is 2.46. The van der Waals surface area contributed by atoms with Crippen molar-refractivity contribution in [1.29, 1.82) is 0 Å². The predicted molar refractivity (Wildman–Crippen MR) is 50.3 cm³/mol. The first-order valence-electron chi connectivity index (χ1n) is 4.90. The zero-order chi connectivity index (χ0) is 9.10. The molecule has 0 unspecified atom stereocenters. The minimum absolute atomic E-state index is 0.958. The molecule has 1 saturated carbocycles. The van der Waals surface area contributed by atoms with Gasteiger partial charge in [-0.2, -0.15) is 0 Å². The molecule has 0 saturated heterocycles. The molecule has 0 radical (unpaired) electrons. The summed E-state index contributed by atoms with van der Waals surface area (Å²) in [6.45, 7) is 2.20. The van der Waals surface area contributed by atoms with Crippen molar-refractivity contribution in [3.8, 4) is 0 Å². The van der Waals surface area contributed by atoms with E-state index in [0.29, 0.717) is 0 Å². The van der Waals surface area contributed by atoms with Crippen molar-refractivity contribution in [1.82, 2.24) is 20.1 Å². The molecule has 72 valence electrons. The van der Waals surface area contributed by atoms with Gasteiger partial charge in [-0.3, -0.25) is 0 Å². The maximum atomic E-state index is 4.02. The summed E-state index contributed by atoms with van der Waals surface area (Å²) in [5, 5.41) is 11.3. The molecule has 0 bridgehead atoms. The Morgan fingerprint density at radius 3 is 3.08 bits per heavy atom. The minimum Gasteiger partial charge on any atom is -0.321 e. The average Bonchev–Trinajstić information content (AvgIpc) is 2.86. The van der Waals surface area contributed by atoms with Crippen LogP contribution in [0.1, 0.15) is 18.7 Å². The molecule has 13 heavy (non-hydrogen) atoms. The smallest absolute Gasteiger partial charge is 0.133 e. The lowest BCUT2D eigenvalue weighted by molar-refractivity contribution is 0.618. The fourth-order valence-electron chi connectivity index (χ4n) is 1.36. The lowest BCUT2D eigenvalue weighted by Crippen LogP contribution is -2.20. The third-order valence-corrected chi connectivity index (χ3v) is 2.46. The molecule has 2 rings (SSSR count). The molecular weight excluding hydrogens is 164 g/mol. The summed E-state index contributed by atoms with van der Waals surface area (Å²) < 4.78 is 1.97. The first kappa shape index (κ1) is 8.69. The van der Waals surface area contributed by atoms with Crippen molar-refractivity contribution in [2.75, 3.05) is 13.1 Å². The highest BCUT2D eigenvalue weighted by atomic mass is 15.2. The van der Waals surface area contributed by atoms with Crippen molar-refractivity contribution in [3.05, 3.63) is 12.2 Å². The maximum absolute atomic E-state index is 4.02. The first-order chi connectivity index (χ1) is 6.36. The standard InChI is InChI=1S/C9H16N4/c1-13-7-11-12-9(13)4-5-10-6-8-2-3-8/h7-8,10H,2-6H2,1H3. The quantitative estimate of drug-likeness (QED) is 0.665. The Bertz CT molecular complexity index is 264. The summed E-state index contributed by atoms with van der Waals surface area (Å²) in [5.41, 5.74) is 0. The van der Waals surface area contributed by atoms with Gasteiger partial charge >= 0.3 is 0 Å². The van der Waals surface area contributed by atoms with Crippen LogP contribution in [0.4, 0.5) is 0 Å². The SMILES string of the molecule is Cn1cnnc1CCNCC1CC1. The Morgan fingerprint density at radius 1 is 1.62 bits per heavy atom. The molecule has 1 N–H and O–H groups in total. The highest BCUT2D eigenvalue weighted by Crippen LogP contribution is 2.27. The Hall–Kier alpha value is -0.900. The van der Waals surface area contributed by atoms with Crippen LogP contribution in [-0.4, -0.2) is 27.9 Å². The maximum Gasteiger partial charge on any atom is 0.133 e. The van der Waals surface area contributed by atoms with Crippen molar-refractivity contribution in [2.24, 2.45) is 13.0 Å². The molecule has 0 spiro atoms. The van der Waals surface area contributed by atoms with Crippen LogP contribution in [0, 0.1) is 5.92 Å². The largest absolute Gasteiger partial charge is 0.321 e. The number of rotatable bonds is 5. The summed E-state index contributed by atoms with van der Waals surface area (Å²) in [4.78, 5) is 0. The number of hydrogen-bond donors (Lipinski definition) is 1. The zero-order valence-corrected chi connectivity index (χ0v) is 8.03. The second-order valence-corrected chi connectivity index (χ2v) is 3.76. The predicted octanol–water partition coefficient (Wildman–Crippen LogP) is 0.357. The highest BCUT2D eigenvalue weighted by molar-refractivity contribution is 4.85. The number of hydrogen-bond acceptors (Lipinski definition) is 3. The number of aryl methyl sites for hydroxylation is 1. The molecule has 0 aromatic carbocycles. The molecule has 4 heteroatoms. The van der Waals surface area contributed by atoms with Crippen LogP contribution in [-0.2, 0) is 13.5 Å². The third kappa shape index (κ3) is 2.52. The van der Waals surface area contributed by atoms with E-state index in [1.54, 1.807) is 6.33 Å². The summed E-state index contributed by atoms with van der Waals surface area (Å²) in [6, 6.07) is 0. The van der Waals surface area contributed by atoms with Gasteiger partial charge in [0.2, 0.25) is 0 Å². The van der Waals surface area contributed by atoms with Crippen molar-refractivity contribution < 1.29 is 0 Å². The van der Waals surface area contributed by atoms with Crippen LogP contribution in [0.15, 0.2) is 6.33 Å². The molecule has 1 aliphatic rings. The van der Waals surface area contributed by atoms with Crippen LogP contribution in [0.25, 0.3) is 0 Å². The van der Waals surface area contributed by atoms with E-state index in [1.165, 1.54) is 19.4 Å². The van der Waals surface area contributed by atoms with E-state index in [0.717, 1.165) is 24.7 Å². The number of nitrogens with one attached hydrogen (secondary N) is 1. The minimum atomic E-state index is 0.958. The molecule has 1 aromatic rings. The summed E-state index contributed by atoms with van der Waals surface area (Å²) in [6.07, 6.45) is 5.55.